The maximum absolute atomic E-state index is 12.7. The minimum absolute atomic E-state index is 0.0778. The molecule has 2 aliphatic heterocycles. The lowest BCUT2D eigenvalue weighted by atomic mass is 10.1. The van der Waals surface area contributed by atoms with E-state index in [2.05, 4.69) is 20.9 Å². The van der Waals surface area contributed by atoms with E-state index in [0.717, 1.165) is 56.1 Å². The van der Waals surface area contributed by atoms with E-state index in [0.29, 0.717) is 19.3 Å². The zero-order valence-electron chi connectivity index (χ0n) is 17.3. The van der Waals surface area contributed by atoms with Gasteiger partial charge in [-0.25, -0.2) is 4.98 Å². The highest BCUT2D eigenvalue weighted by Crippen LogP contribution is 2.31. The molecule has 2 aromatic rings. The number of carbonyl (C=O) groups is 1. The predicted molar refractivity (Wildman–Crippen MR) is 110 cm³/mol. The summed E-state index contributed by atoms with van der Waals surface area (Å²) in [4.78, 5) is 21.1. The maximum Gasteiger partial charge on any atom is 0.239 e. The summed E-state index contributed by atoms with van der Waals surface area (Å²) in [6.07, 6.45) is 7.70. The third-order valence-corrected chi connectivity index (χ3v) is 5.87. The van der Waals surface area contributed by atoms with E-state index in [1.807, 2.05) is 36.7 Å². The lowest BCUT2D eigenvalue weighted by Gasteiger charge is -2.41. The molecule has 0 radical (unpaired) electrons. The lowest BCUT2D eigenvalue weighted by Crippen LogP contribution is -2.58. The van der Waals surface area contributed by atoms with Crippen LogP contribution in [0.1, 0.15) is 32.3 Å². The van der Waals surface area contributed by atoms with Crippen LogP contribution in [0.25, 0.3) is 0 Å². The van der Waals surface area contributed by atoms with Gasteiger partial charge in [-0.3, -0.25) is 9.69 Å². The molecule has 2 aliphatic rings. The van der Waals surface area contributed by atoms with Crippen LogP contribution in [0.5, 0.6) is 11.5 Å². The van der Waals surface area contributed by atoms with Crippen LogP contribution in [-0.2, 0) is 17.9 Å². The number of benzene rings is 1. The Labute approximate surface area is 172 Å². The van der Waals surface area contributed by atoms with Gasteiger partial charge in [-0.15, -0.1) is 0 Å². The molecule has 156 valence electrons. The summed E-state index contributed by atoms with van der Waals surface area (Å²) in [6, 6.07) is 6.40. The Kier molecular flexibility index (Phi) is 6.04. The standard InChI is InChI=1S/C22H30N4O3/c1-3-28-21-13-18(6-7-20(21)29-12-11-24-10-8-23-16-24)14-25-15-19-5-4-9-26(19)22(27)17(25)2/h6-8,10,13,16-17,19H,3-5,9,11-12,14-15H2,1-2H3/t17-,19-/m1/s1. The number of imidazole rings is 1. The summed E-state index contributed by atoms with van der Waals surface area (Å²) < 4.78 is 13.8. The number of hydrogen-bond acceptors (Lipinski definition) is 5. The van der Waals surface area contributed by atoms with Crippen molar-refractivity contribution in [3.63, 3.8) is 0 Å². The average Bonchev–Trinajstić information content (AvgIpc) is 3.40. The first-order chi connectivity index (χ1) is 14.2. The van der Waals surface area contributed by atoms with Gasteiger partial charge in [0.25, 0.3) is 0 Å². The lowest BCUT2D eigenvalue weighted by molar-refractivity contribution is -0.143. The molecule has 1 aromatic carbocycles. The molecule has 7 heteroatoms. The van der Waals surface area contributed by atoms with Gasteiger partial charge in [0.15, 0.2) is 11.5 Å². The van der Waals surface area contributed by atoms with Crippen LogP contribution in [-0.4, -0.2) is 63.6 Å². The van der Waals surface area contributed by atoms with Crippen molar-refractivity contribution in [1.82, 2.24) is 19.4 Å². The Balaban J connectivity index is 1.42. The van der Waals surface area contributed by atoms with Gasteiger partial charge in [-0.2, -0.15) is 0 Å². The van der Waals surface area contributed by atoms with E-state index in [-0.39, 0.29) is 11.9 Å². The zero-order valence-corrected chi connectivity index (χ0v) is 17.3. The van der Waals surface area contributed by atoms with Crippen molar-refractivity contribution in [3.8, 4) is 11.5 Å². The fourth-order valence-corrected chi connectivity index (χ4v) is 4.30. The van der Waals surface area contributed by atoms with E-state index < -0.39 is 0 Å². The summed E-state index contributed by atoms with van der Waals surface area (Å²) in [7, 11) is 0. The molecular weight excluding hydrogens is 368 g/mol. The molecule has 1 amide bonds. The zero-order chi connectivity index (χ0) is 20.2. The fraction of sp³-hybridized carbons (Fsp3) is 0.545. The molecule has 0 saturated carbocycles. The number of piperazine rings is 1. The van der Waals surface area contributed by atoms with Crippen LogP contribution in [0.15, 0.2) is 36.9 Å². The number of nitrogens with zero attached hydrogens (tertiary/aromatic N) is 4. The third-order valence-electron chi connectivity index (χ3n) is 5.87. The van der Waals surface area contributed by atoms with Gasteiger partial charge in [0.2, 0.25) is 5.91 Å². The Morgan fingerprint density at radius 2 is 2.14 bits per heavy atom. The minimum atomic E-state index is -0.0778. The van der Waals surface area contributed by atoms with E-state index in [4.69, 9.17) is 9.47 Å². The maximum atomic E-state index is 12.7. The molecular formula is C22H30N4O3. The van der Waals surface area contributed by atoms with Crippen molar-refractivity contribution < 1.29 is 14.3 Å². The summed E-state index contributed by atoms with van der Waals surface area (Å²) in [5.41, 5.74) is 1.14. The van der Waals surface area contributed by atoms with Gasteiger partial charge in [-0.1, -0.05) is 6.07 Å². The molecule has 3 heterocycles. The van der Waals surface area contributed by atoms with Crippen LogP contribution >= 0.6 is 0 Å². The Hall–Kier alpha value is -2.54. The quantitative estimate of drug-likeness (QED) is 0.684. The first kappa shape index (κ1) is 19.8. The molecule has 2 saturated heterocycles. The Bertz CT molecular complexity index is 823. The SMILES string of the molecule is CCOc1cc(CN2C[C@H]3CCCN3C(=O)[C@H]2C)ccc1OCCn1ccnc1. The second-order valence-electron chi connectivity index (χ2n) is 7.80. The molecule has 0 unspecified atom stereocenters. The van der Waals surface area contributed by atoms with Crippen molar-refractivity contribution >= 4 is 5.91 Å². The van der Waals surface area contributed by atoms with Gasteiger partial charge >= 0.3 is 0 Å². The Morgan fingerprint density at radius 3 is 2.93 bits per heavy atom. The topological polar surface area (TPSA) is 59.8 Å². The number of rotatable bonds is 8. The van der Waals surface area contributed by atoms with Crippen LogP contribution in [0.4, 0.5) is 0 Å². The second-order valence-corrected chi connectivity index (χ2v) is 7.80. The van der Waals surface area contributed by atoms with Gasteiger partial charge in [0, 0.05) is 38.1 Å². The van der Waals surface area contributed by atoms with Crippen LogP contribution in [0.2, 0.25) is 0 Å². The molecule has 2 fully saturated rings. The molecule has 7 nitrogen and oxygen atoms in total. The monoisotopic (exact) mass is 398 g/mol. The van der Waals surface area contributed by atoms with E-state index >= 15 is 0 Å². The van der Waals surface area contributed by atoms with Crippen molar-refractivity contribution in [2.75, 3.05) is 26.3 Å². The first-order valence-corrected chi connectivity index (χ1v) is 10.5. The van der Waals surface area contributed by atoms with Gasteiger partial charge in [-0.05, 0) is 44.4 Å². The molecule has 2 atom stereocenters. The first-order valence-electron chi connectivity index (χ1n) is 10.5. The molecule has 0 spiro atoms. The highest BCUT2D eigenvalue weighted by Gasteiger charge is 2.40. The summed E-state index contributed by atoms with van der Waals surface area (Å²) in [5.74, 6) is 1.78. The van der Waals surface area contributed by atoms with E-state index in [1.54, 1.807) is 12.5 Å². The molecule has 4 rings (SSSR count). The fourth-order valence-electron chi connectivity index (χ4n) is 4.30. The van der Waals surface area contributed by atoms with Crippen LogP contribution in [0.3, 0.4) is 0 Å². The van der Waals surface area contributed by atoms with Crippen LogP contribution in [0, 0.1) is 0 Å². The van der Waals surface area contributed by atoms with Crippen molar-refractivity contribution in [2.24, 2.45) is 0 Å². The van der Waals surface area contributed by atoms with Crippen molar-refractivity contribution in [3.05, 3.63) is 42.5 Å². The van der Waals surface area contributed by atoms with Gasteiger partial charge < -0.3 is 18.9 Å². The number of ether oxygens (including phenoxy) is 2. The average molecular weight is 399 g/mol. The van der Waals surface area contributed by atoms with Gasteiger partial charge in [0.1, 0.15) is 6.61 Å². The normalized spacial score (nSPS) is 22.0. The second kappa shape index (κ2) is 8.86. The predicted octanol–water partition coefficient (Wildman–Crippen LogP) is 2.56. The number of aromatic nitrogens is 2. The highest BCUT2D eigenvalue weighted by molar-refractivity contribution is 5.83. The molecule has 0 aliphatic carbocycles. The van der Waals surface area contributed by atoms with E-state index in [1.165, 1.54) is 0 Å². The van der Waals surface area contributed by atoms with Crippen molar-refractivity contribution in [1.29, 1.82) is 0 Å². The number of hydrogen-bond donors (Lipinski definition) is 0. The third kappa shape index (κ3) is 4.40. The number of carbonyl (C=O) groups excluding carboxylic acids is 1. The summed E-state index contributed by atoms with van der Waals surface area (Å²) in [5, 5.41) is 0. The number of amides is 1. The Morgan fingerprint density at radius 1 is 1.24 bits per heavy atom. The minimum Gasteiger partial charge on any atom is -0.490 e. The molecule has 0 bridgehead atoms. The highest BCUT2D eigenvalue weighted by atomic mass is 16.5. The molecule has 0 N–H and O–H groups in total. The van der Waals surface area contributed by atoms with E-state index in [9.17, 15) is 4.79 Å². The molecule has 29 heavy (non-hydrogen) atoms. The smallest absolute Gasteiger partial charge is 0.239 e. The van der Waals surface area contributed by atoms with Gasteiger partial charge in [0.05, 0.1) is 25.5 Å². The summed E-state index contributed by atoms with van der Waals surface area (Å²) in [6.45, 7) is 8.46. The van der Waals surface area contributed by atoms with Crippen molar-refractivity contribution in [2.45, 2.75) is 51.9 Å². The molecule has 1 aromatic heterocycles. The summed E-state index contributed by atoms with van der Waals surface area (Å²) >= 11 is 0. The largest absolute Gasteiger partial charge is 0.490 e. The van der Waals surface area contributed by atoms with Crippen LogP contribution < -0.4 is 9.47 Å². The number of fused-ring (bicyclic) bond motifs is 1.